The maximum atomic E-state index is 11.1. The average molecular weight is 435 g/mol. The van der Waals surface area contributed by atoms with Crippen LogP contribution in [-0.4, -0.2) is 6.29 Å². The molecule has 0 amide bonds. The van der Waals surface area contributed by atoms with Gasteiger partial charge in [0.1, 0.15) is 0 Å². The van der Waals surface area contributed by atoms with Gasteiger partial charge < -0.3 is 0 Å². The van der Waals surface area contributed by atoms with Gasteiger partial charge in [0.15, 0.2) is 6.29 Å². The average Bonchev–Trinajstić information content (AvgIpc) is 3.12. The van der Waals surface area contributed by atoms with Crippen molar-refractivity contribution >= 4 is 33.6 Å². The molecule has 3 heteroatoms. The molecule has 0 aliphatic heterocycles. The van der Waals surface area contributed by atoms with E-state index in [1.165, 1.54) is 77.4 Å². The zero-order valence-electron chi connectivity index (χ0n) is 16.2. The van der Waals surface area contributed by atoms with Crippen LogP contribution in [0.5, 0.6) is 0 Å². The number of thiophene rings is 1. The molecular formula is C23H31BrOS. The summed E-state index contributed by atoms with van der Waals surface area (Å²) in [4.78, 5) is 13.1. The van der Waals surface area contributed by atoms with E-state index in [4.69, 9.17) is 0 Å². The molecule has 0 spiro atoms. The molecule has 1 aromatic carbocycles. The number of carbonyl (C=O) groups is 1. The van der Waals surface area contributed by atoms with Gasteiger partial charge in [0.25, 0.3) is 0 Å². The molecule has 0 radical (unpaired) electrons. The van der Waals surface area contributed by atoms with Crippen LogP contribution < -0.4 is 0 Å². The Labute approximate surface area is 171 Å². The summed E-state index contributed by atoms with van der Waals surface area (Å²) in [5.41, 5.74) is 4.13. The van der Waals surface area contributed by atoms with E-state index in [9.17, 15) is 4.79 Å². The lowest BCUT2D eigenvalue weighted by atomic mass is 9.95. The Balaban J connectivity index is 2.24. The molecule has 2 aromatic rings. The van der Waals surface area contributed by atoms with Gasteiger partial charge in [-0.25, -0.2) is 0 Å². The van der Waals surface area contributed by atoms with E-state index in [1.54, 1.807) is 11.3 Å². The lowest BCUT2D eigenvalue weighted by Crippen LogP contribution is -1.95. The maximum absolute atomic E-state index is 11.1. The first-order valence-corrected chi connectivity index (χ1v) is 11.7. The number of hydrogen-bond donors (Lipinski definition) is 0. The Hall–Kier alpha value is -0.930. The first-order chi connectivity index (χ1) is 12.7. The highest BCUT2D eigenvalue weighted by Crippen LogP contribution is 2.35. The number of rotatable bonds is 12. The Bertz CT molecular complexity index is 690. The van der Waals surface area contributed by atoms with Gasteiger partial charge in [-0.2, -0.15) is 0 Å². The van der Waals surface area contributed by atoms with E-state index in [-0.39, 0.29) is 0 Å². The van der Waals surface area contributed by atoms with Gasteiger partial charge in [-0.15, -0.1) is 11.3 Å². The number of halogens is 1. The van der Waals surface area contributed by atoms with Crippen LogP contribution in [0.25, 0.3) is 10.4 Å². The summed E-state index contributed by atoms with van der Waals surface area (Å²) in [5, 5.41) is 0. The fourth-order valence-corrected chi connectivity index (χ4v) is 4.80. The second-order valence-electron chi connectivity index (χ2n) is 7.04. The van der Waals surface area contributed by atoms with Crippen LogP contribution in [0.2, 0.25) is 0 Å². The number of hydrogen-bond acceptors (Lipinski definition) is 2. The van der Waals surface area contributed by atoms with E-state index in [1.807, 2.05) is 6.07 Å². The summed E-state index contributed by atoms with van der Waals surface area (Å²) in [6, 6.07) is 8.74. The summed E-state index contributed by atoms with van der Waals surface area (Å²) < 4.78 is 1.25. The quantitative estimate of drug-likeness (QED) is 0.242. The molecule has 2 rings (SSSR count). The molecule has 26 heavy (non-hydrogen) atoms. The van der Waals surface area contributed by atoms with Gasteiger partial charge in [0.2, 0.25) is 0 Å². The van der Waals surface area contributed by atoms with Crippen molar-refractivity contribution in [2.45, 2.75) is 78.1 Å². The van der Waals surface area contributed by atoms with Crippen LogP contribution >= 0.6 is 27.3 Å². The Morgan fingerprint density at radius 3 is 2.12 bits per heavy atom. The van der Waals surface area contributed by atoms with Crippen LogP contribution in [0.4, 0.5) is 0 Å². The Morgan fingerprint density at radius 2 is 1.54 bits per heavy atom. The van der Waals surface area contributed by atoms with E-state index in [0.717, 1.165) is 24.0 Å². The predicted octanol–water partition coefficient (Wildman–Crippen LogP) is 8.24. The fourth-order valence-electron chi connectivity index (χ4n) is 3.33. The molecule has 0 bridgehead atoms. The Morgan fingerprint density at radius 1 is 0.885 bits per heavy atom. The summed E-state index contributed by atoms with van der Waals surface area (Å²) >= 11 is 5.42. The zero-order chi connectivity index (χ0) is 18.8. The highest BCUT2D eigenvalue weighted by atomic mass is 79.9. The van der Waals surface area contributed by atoms with Crippen molar-refractivity contribution in [1.29, 1.82) is 0 Å². The molecule has 0 atom stereocenters. The second-order valence-corrected chi connectivity index (χ2v) is 9.01. The number of unbranched alkanes of at least 4 members (excludes halogenated alkanes) is 6. The van der Waals surface area contributed by atoms with Crippen molar-refractivity contribution in [3.63, 3.8) is 0 Å². The lowest BCUT2D eigenvalue weighted by molar-refractivity contribution is 0.112. The minimum Gasteiger partial charge on any atom is -0.297 e. The first-order valence-electron chi connectivity index (χ1n) is 10.1. The topological polar surface area (TPSA) is 17.1 Å². The van der Waals surface area contributed by atoms with Gasteiger partial charge in [-0.1, -0.05) is 68.3 Å². The van der Waals surface area contributed by atoms with Crippen LogP contribution in [-0.2, 0) is 12.8 Å². The molecule has 1 heterocycles. The summed E-state index contributed by atoms with van der Waals surface area (Å²) in [6.45, 7) is 4.50. The number of aryl methyl sites for hydroxylation is 2. The van der Waals surface area contributed by atoms with Gasteiger partial charge in [0.05, 0.1) is 4.88 Å². The summed E-state index contributed by atoms with van der Waals surface area (Å²) in [7, 11) is 0. The van der Waals surface area contributed by atoms with E-state index >= 15 is 0 Å². The molecule has 0 saturated carbocycles. The van der Waals surface area contributed by atoms with Crippen molar-refractivity contribution < 1.29 is 4.79 Å². The third-order valence-corrected chi connectivity index (χ3v) is 6.66. The van der Waals surface area contributed by atoms with Crippen molar-refractivity contribution in [1.82, 2.24) is 0 Å². The monoisotopic (exact) mass is 434 g/mol. The van der Waals surface area contributed by atoms with Crippen molar-refractivity contribution in [2.24, 2.45) is 0 Å². The normalized spacial score (nSPS) is 11.0. The molecule has 1 aromatic heterocycles. The van der Waals surface area contributed by atoms with Crippen LogP contribution in [0.1, 0.15) is 86.0 Å². The fraction of sp³-hybridized carbons (Fsp3) is 0.522. The molecule has 0 fully saturated rings. The number of benzene rings is 1. The molecule has 0 N–H and O–H groups in total. The van der Waals surface area contributed by atoms with Crippen LogP contribution in [0, 0.1) is 0 Å². The Kier molecular flexibility index (Phi) is 9.63. The number of carbonyl (C=O) groups excluding carboxylic acids is 1. The van der Waals surface area contributed by atoms with E-state index in [2.05, 4.69) is 48.0 Å². The van der Waals surface area contributed by atoms with Crippen molar-refractivity contribution in [2.75, 3.05) is 0 Å². The smallest absolute Gasteiger partial charge is 0.160 e. The second kappa shape index (κ2) is 11.7. The summed E-state index contributed by atoms with van der Waals surface area (Å²) in [5.74, 6) is 0. The SMILES string of the molecule is CCCCCCc1cc(-c2ccc(C=O)s2)c(CCCCCC)cc1Br. The molecular weight excluding hydrogens is 404 g/mol. The van der Waals surface area contributed by atoms with Crippen molar-refractivity contribution in [3.05, 3.63) is 44.7 Å². The maximum Gasteiger partial charge on any atom is 0.160 e. The molecule has 142 valence electrons. The van der Waals surface area contributed by atoms with Gasteiger partial charge >= 0.3 is 0 Å². The molecule has 0 saturated heterocycles. The van der Waals surface area contributed by atoms with Gasteiger partial charge in [-0.05, 0) is 66.6 Å². The molecule has 0 aliphatic rings. The minimum atomic E-state index is 0.810. The van der Waals surface area contributed by atoms with E-state index in [0.29, 0.717) is 0 Å². The lowest BCUT2D eigenvalue weighted by Gasteiger charge is -2.13. The largest absolute Gasteiger partial charge is 0.297 e. The van der Waals surface area contributed by atoms with Gasteiger partial charge in [0, 0.05) is 9.35 Å². The van der Waals surface area contributed by atoms with Crippen molar-refractivity contribution in [3.8, 4) is 10.4 Å². The van der Waals surface area contributed by atoms with Crippen LogP contribution in [0.15, 0.2) is 28.7 Å². The molecule has 1 nitrogen and oxygen atoms in total. The van der Waals surface area contributed by atoms with Gasteiger partial charge in [-0.3, -0.25) is 4.79 Å². The molecule has 0 unspecified atom stereocenters. The predicted molar refractivity (Wildman–Crippen MR) is 119 cm³/mol. The third kappa shape index (κ3) is 6.35. The highest BCUT2D eigenvalue weighted by molar-refractivity contribution is 9.10. The highest BCUT2D eigenvalue weighted by Gasteiger charge is 2.12. The number of aldehydes is 1. The molecule has 0 aliphatic carbocycles. The summed E-state index contributed by atoms with van der Waals surface area (Å²) in [6.07, 6.45) is 13.4. The van der Waals surface area contributed by atoms with Crippen LogP contribution in [0.3, 0.4) is 0 Å². The zero-order valence-corrected chi connectivity index (χ0v) is 18.6. The first kappa shape index (κ1) is 21.4. The van der Waals surface area contributed by atoms with E-state index < -0.39 is 0 Å². The third-order valence-electron chi connectivity index (χ3n) is 4.88. The standard InChI is InChI=1S/C23H31BrOS/c1-3-5-7-9-11-18-16-22(24)19(12-10-8-6-4-2)15-21(18)23-14-13-20(17-25)26-23/h13-17H,3-12H2,1-2H3. The minimum absolute atomic E-state index is 0.810.